The van der Waals surface area contributed by atoms with Crippen LogP contribution in [-0.4, -0.2) is 11.6 Å². The van der Waals surface area contributed by atoms with Gasteiger partial charge < -0.3 is 5.32 Å². The van der Waals surface area contributed by atoms with Crippen molar-refractivity contribution in [1.29, 1.82) is 0 Å². The van der Waals surface area contributed by atoms with E-state index in [2.05, 4.69) is 5.32 Å². The van der Waals surface area contributed by atoms with Crippen molar-refractivity contribution in [3.63, 3.8) is 0 Å². The van der Waals surface area contributed by atoms with Gasteiger partial charge in [0.15, 0.2) is 5.54 Å². The molecule has 0 aliphatic heterocycles. The first-order valence-electron chi connectivity index (χ1n) is 7.91. The van der Waals surface area contributed by atoms with Crippen molar-refractivity contribution in [1.82, 2.24) is 0 Å². The summed E-state index contributed by atoms with van der Waals surface area (Å²) < 4.78 is 0. The van der Waals surface area contributed by atoms with Gasteiger partial charge in [-0.1, -0.05) is 66.2 Å². The van der Waals surface area contributed by atoms with Gasteiger partial charge in [0.05, 0.1) is 0 Å². The summed E-state index contributed by atoms with van der Waals surface area (Å²) >= 11 is 5.95. The molecule has 3 aromatic rings. The second-order valence-electron chi connectivity index (χ2n) is 5.95. The van der Waals surface area contributed by atoms with E-state index in [1.54, 1.807) is 60.7 Å². The maximum atomic E-state index is 13.3. The van der Waals surface area contributed by atoms with Gasteiger partial charge in [0, 0.05) is 21.8 Å². The van der Waals surface area contributed by atoms with Crippen LogP contribution in [0.25, 0.3) is 0 Å². The zero-order valence-corrected chi connectivity index (χ0v) is 14.0. The van der Waals surface area contributed by atoms with E-state index in [9.17, 15) is 9.59 Å². The van der Waals surface area contributed by atoms with Gasteiger partial charge in [-0.2, -0.15) is 0 Å². The topological polar surface area (TPSA) is 46.2 Å². The van der Waals surface area contributed by atoms with Crippen molar-refractivity contribution >= 4 is 28.9 Å². The molecule has 0 spiro atoms. The van der Waals surface area contributed by atoms with Crippen LogP contribution in [0.1, 0.15) is 26.3 Å². The van der Waals surface area contributed by atoms with E-state index >= 15 is 0 Å². The van der Waals surface area contributed by atoms with Crippen molar-refractivity contribution in [2.45, 2.75) is 5.54 Å². The third-order valence-electron chi connectivity index (χ3n) is 4.48. The minimum absolute atomic E-state index is 0.241. The Hall–Kier alpha value is -2.91. The Morgan fingerprint density at radius 2 is 1.20 bits per heavy atom. The van der Waals surface area contributed by atoms with E-state index in [-0.39, 0.29) is 11.6 Å². The number of halogens is 1. The Balaban J connectivity index is 1.91. The van der Waals surface area contributed by atoms with Crippen LogP contribution in [0.5, 0.6) is 0 Å². The monoisotopic (exact) mass is 347 g/mol. The van der Waals surface area contributed by atoms with Crippen LogP contribution in [0.3, 0.4) is 0 Å². The van der Waals surface area contributed by atoms with Gasteiger partial charge in [0.2, 0.25) is 11.6 Å². The highest BCUT2D eigenvalue weighted by Gasteiger charge is 2.54. The van der Waals surface area contributed by atoms with E-state index < -0.39 is 5.54 Å². The number of hydrogen-bond donors (Lipinski definition) is 1. The number of anilines is 1. The fourth-order valence-electron chi connectivity index (χ4n) is 3.27. The van der Waals surface area contributed by atoms with Crippen LogP contribution in [0.4, 0.5) is 5.69 Å². The van der Waals surface area contributed by atoms with Crippen LogP contribution in [-0.2, 0) is 5.54 Å². The van der Waals surface area contributed by atoms with E-state index in [0.29, 0.717) is 27.4 Å². The Bertz CT molecular complexity index is 930. The number of nitrogens with one attached hydrogen (secondary N) is 1. The van der Waals surface area contributed by atoms with Crippen LogP contribution in [0, 0.1) is 0 Å². The number of carbonyl (C=O) groups excluding carboxylic acids is 2. The largest absolute Gasteiger partial charge is 0.363 e. The highest BCUT2D eigenvalue weighted by atomic mass is 35.5. The summed E-state index contributed by atoms with van der Waals surface area (Å²) in [6.45, 7) is 0. The Morgan fingerprint density at radius 1 is 0.680 bits per heavy atom. The SMILES string of the molecule is O=C1c2ccccc2C(=O)C1(Nc1ccc(Cl)cc1)c1ccccc1. The smallest absolute Gasteiger partial charge is 0.201 e. The second-order valence-corrected chi connectivity index (χ2v) is 6.39. The Labute approximate surface area is 150 Å². The molecule has 1 aliphatic rings. The van der Waals surface area contributed by atoms with Crippen LogP contribution >= 0.6 is 11.6 Å². The molecule has 0 unspecified atom stereocenters. The number of Topliss-reactive ketones (excluding diaryl/α,β-unsaturated/α-hetero) is 2. The van der Waals surface area contributed by atoms with Gasteiger partial charge in [-0.05, 0) is 29.8 Å². The molecule has 0 bridgehead atoms. The Kier molecular flexibility index (Phi) is 3.66. The lowest BCUT2D eigenvalue weighted by Gasteiger charge is -2.29. The molecular weight excluding hydrogens is 334 g/mol. The van der Waals surface area contributed by atoms with Crippen LogP contribution in [0.2, 0.25) is 5.02 Å². The lowest BCUT2D eigenvalue weighted by molar-refractivity contribution is 0.0819. The van der Waals surface area contributed by atoms with Crippen molar-refractivity contribution in [3.8, 4) is 0 Å². The van der Waals surface area contributed by atoms with Crippen LogP contribution in [0.15, 0.2) is 78.9 Å². The first kappa shape index (κ1) is 15.6. The molecule has 4 heteroatoms. The third kappa shape index (κ3) is 2.36. The predicted octanol–water partition coefficient (Wildman–Crippen LogP) is 4.73. The molecule has 0 saturated carbocycles. The van der Waals surface area contributed by atoms with Gasteiger partial charge in [0.25, 0.3) is 0 Å². The molecule has 1 N–H and O–H groups in total. The maximum Gasteiger partial charge on any atom is 0.201 e. The summed E-state index contributed by atoms with van der Waals surface area (Å²) in [6.07, 6.45) is 0. The molecule has 0 atom stereocenters. The number of hydrogen-bond acceptors (Lipinski definition) is 3. The number of carbonyl (C=O) groups is 2. The molecule has 0 heterocycles. The van der Waals surface area contributed by atoms with E-state index in [1.807, 2.05) is 18.2 Å². The molecule has 122 valence electrons. The number of rotatable bonds is 3. The van der Waals surface area contributed by atoms with Gasteiger partial charge in [-0.3, -0.25) is 9.59 Å². The number of ketones is 2. The molecule has 3 nitrogen and oxygen atoms in total. The fraction of sp³-hybridized carbons (Fsp3) is 0.0476. The Morgan fingerprint density at radius 3 is 1.76 bits per heavy atom. The van der Waals surface area contributed by atoms with Crippen molar-refractivity contribution in [2.75, 3.05) is 5.32 Å². The maximum absolute atomic E-state index is 13.3. The van der Waals surface area contributed by atoms with Gasteiger partial charge >= 0.3 is 0 Å². The zero-order chi connectivity index (χ0) is 17.4. The minimum Gasteiger partial charge on any atom is -0.363 e. The molecule has 25 heavy (non-hydrogen) atoms. The normalized spacial score (nSPS) is 15.1. The molecule has 0 radical (unpaired) electrons. The van der Waals surface area contributed by atoms with Crippen molar-refractivity contribution < 1.29 is 9.59 Å². The number of benzene rings is 3. The highest BCUT2D eigenvalue weighted by Crippen LogP contribution is 2.40. The predicted molar refractivity (Wildman–Crippen MR) is 98.3 cm³/mol. The van der Waals surface area contributed by atoms with E-state index in [0.717, 1.165) is 0 Å². The first-order chi connectivity index (χ1) is 12.1. The molecule has 0 amide bonds. The van der Waals surface area contributed by atoms with Crippen molar-refractivity contribution in [2.24, 2.45) is 0 Å². The lowest BCUT2D eigenvalue weighted by atomic mass is 9.84. The van der Waals surface area contributed by atoms with Crippen molar-refractivity contribution in [3.05, 3.63) is 101 Å². The van der Waals surface area contributed by atoms with Crippen LogP contribution < -0.4 is 5.32 Å². The van der Waals surface area contributed by atoms with E-state index in [1.165, 1.54) is 0 Å². The molecule has 0 saturated heterocycles. The molecule has 0 fully saturated rings. The quantitative estimate of drug-likeness (QED) is 0.697. The zero-order valence-electron chi connectivity index (χ0n) is 13.2. The summed E-state index contributed by atoms with van der Waals surface area (Å²) in [5.74, 6) is -0.483. The van der Waals surface area contributed by atoms with Gasteiger partial charge in [-0.25, -0.2) is 0 Å². The lowest BCUT2D eigenvalue weighted by Crippen LogP contribution is -2.46. The summed E-state index contributed by atoms with van der Waals surface area (Å²) in [5, 5.41) is 3.78. The first-order valence-corrected chi connectivity index (χ1v) is 8.28. The standard InChI is InChI=1S/C21H14ClNO2/c22-15-10-12-16(13-11-15)23-21(14-6-2-1-3-7-14)19(24)17-8-4-5-9-18(17)20(21)25/h1-13,23H. The average Bonchev–Trinajstić information content (AvgIpc) is 2.87. The van der Waals surface area contributed by atoms with Gasteiger partial charge in [0.1, 0.15) is 0 Å². The summed E-state index contributed by atoms with van der Waals surface area (Å²) in [6, 6.07) is 23.0. The number of fused-ring (bicyclic) bond motifs is 1. The summed E-state index contributed by atoms with van der Waals surface area (Å²) in [4.78, 5) is 26.6. The molecule has 3 aromatic carbocycles. The molecular formula is C21H14ClNO2. The molecule has 1 aliphatic carbocycles. The van der Waals surface area contributed by atoms with E-state index in [4.69, 9.17) is 11.6 Å². The molecule has 4 rings (SSSR count). The average molecular weight is 348 g/mol. The second kappa shape index (κ2) is 5.87. The van der Waals surface area contributed by atoms with Gasteiger partial charge in [-0.15, -0.1) is 0 Å². The minimum atomic E-state index is -1.46. The molecule has 0 aromatic heterocycles. The summed E-state index contributed by atoms with van der Waals surface area (Å²) in [5.41, 5.74) is 0.702. The third-order valence-corrected chi connectivity index (χ3v) is 4.73. The fourth-order valence-corrected chi connectivity index (χ4v) is 3.40. The summed E-state index contributed by atoms with van der Waals surface area (Å²) in [7, 11) is 0. The highest BCUT2D eigenvalue weighted by molar-refractivity contribution is 6.34.